The predicted octanol–water partition coefficient (Wildman–Crippen LogP) is 6.68. The van der Waals surface area contributed by atoms with Crippen molar-refractivity contribution in [2.75, 3.05) is 0 Å². The number of para-hydroxylation sites is 2. The van der Waals surface area contributed by atoms with E-state index in [0.29, 0.717) is 0 Å². The van der Waals surface area contributed by atoms with E-state index in [1.807, 2.05) is 30.6 Å². The van der Waals surface area contributed by atoms with E-state index in [-0.39, 0.29) is 0 Å². The molecule has 3 aromatic carbocycles. The Morgan fingerprint density at radius 3 is 2.26 bits per heavy atom. The molecule has 0 aliphatic carbocycles. The topological polar surface area (TPSA) is 48.0 Å². The summed E-state index contributed by atoms with van der Waals surface area (Å²) in [5.41, 5.74) is 8.00. The van der Waals surface area contributed by atoms with Gasteiger partial charge < -0.3 is 4.57 Å². The van der Waals surface area contributed by atoms with Gasteiger partial charge in [0.15, 0.2) is 5.65 Å². The molecule has 0 unspecified atom stereocenters. The van der Waals surface area contributed by atoms with E-state index < -0.39 is 0 Å². The number of fused-ring (bicyclic) bond motifs is 12. The second-order valence-corrected chi connectivity index (χ2v) is 8.56. The normalized spacial score (nSPS) is 12.1. The van der Waals surface area contributed by atoms with Crippen LogP contribution in [0.4, 0.5) is 0 Å². The highest BCUT2D eigenvalue weighted by atomic mass is 15.1. The van der Waals surface area contributed by atoms with Crippen LogP contribution in [0.2, 0.25) is 0 Å². The van der Waals surface area contributed by atoms with Gasteiger partial charge in [-0.15, -0.1) is 0 Å². The molecule has 0 radical (unpaired) electrons. The van der Waals surface area contributed by atoms with Crippen LogP contribution in [0.5, 0.6) is 0 Å². The van der Waals surface area contributed by atoms with Crippen LogP contribution in [0, 0.1) is 0 Å². The smallest absolute Gasteiger partial charge is 0.165 e. The van der Waals surface area contributed by atoms with Gasteiger partial charge in [-0.05, 0) is 42.5 Å². The minimum atomic E-state index is 0.844. The van der Waals surface area contributed by atoms with Gasteiger partial charge in [-0.3, -0.25) is 9.38 Å². The zero-order chi connectivity index (χ0) is 22.2. The molecule has 34 heavy (non-hydrogen) atoms. The molecule has 8 aromatic rings. The van der Waals surface area contributed by atoms with E-state index in [0.717, 1.165) is 49.8 Å². The zero-order valence-corrected chi connectivity index (χ0v) is 18.1. The summed E-state index contributed by atoms with van der Waals surface area (Å²) in [5.74, 6) is 0. The third-order valence-electron chi connectivity index (χ3n) is 6.77. The average Bonchev–Trinajstić information content (AvgIpc) is 3.45. The van der Waals surface area contributed by atoms with Crippen molar-refractivity contribution in [1.82, 2.24) is 23.9 Å². The van der Waals surface area contributed by atoms with Crippen LogP contribution < -0.4 is 0 Å². The first-order chi connectivity index (χ1) is 16.9. The first kappa shape index (κ1) is 17.7. The van der Waals surface area contributed by atoms with Gasteiger partial charge in [0.25, 0.3) is 0 Å². The van der Waals surface area contributed by atoms with E-state index in [2.05, 4.69) is 81.8 Å². The van der Waals surface area contributed by atoms with Crippen LogP contribution in [-0.4, -0.2) is 23.9 Å². The van der Waals surface area contributed by atoms with Gasteiger partial charge in [-0.25, -0.2) is 9.97 Å². The van der Waals surface area contributed by atoms with E-state index in [1.54, 1.807) is 0 Å². The van der Waals surface area contributed by atoms with Crippen molar-refractivity contribution in [1.29, 1.82) is 0 Å². The molecule has 0 fully saturated rings. The average molecular weight is 435 g/mol. The SMILES string of the molecule is c1ccc(-n2c3ccccc3c3ccc4c5ncccc5n5c6ncccc6nc5c4c32)cc1. The summed E-state index contributed by atoms with van der Waals surface area (Å²) in [4.78, 5) is 14.6. The maximum Gasteiger partial charge on any atom is 0.165 e. The van der Waals surface area contributed by atoms with Crippen molar-refractivity contribution in [2.24, 2.45) is 0 Å². The van der Waals surface area contributed by atoms with Crippen LogP contribution >= 0.6 is 0 Å². The van der Waals surface area contributed by atoms with Crippen molar-refractivity contribution >= 4 is 60.4 Å². The van der Waals surface area contributed by atoms with Gasteiger partial charge in [-0.2, -0.15) is 0 Å². The Bertz CT molecular complexity index is 2070. The molecule has 0 atom stereocenters. The molecule has 0 aliphatic rings. The minimum absolute atomic E-state index is 0.844. The third-order valence-corrected chi connectivity index (χ3v) is 6.77. The summed E-state index contributed by atoms with van der Waals surface area (Å²) in [6.45, 7) is 0. The Labute approximate surface area is 193 Å². The number of pyridine rings is 3. The molecule has 0 saturated heterocycles. The molecule has 158 valence electrons. The highest BCUT2D eigenvalue weighted by molar-refractivity contribution is 6.26. The van der Waals surface area contributed by atoms with Gasteiger partial charge in [0.2, 0.25) is 0 Å². The second-order valence-electron chi connectivity index (χ2n) is 8.56. The summed E-state index contributed by atoms with van der Waals surface area (Å²) in [5, 5.41) is 4.59. The van der Waals surface area contributed by atoms with Crippen LogP contribution in [0.25, 0.3) is 66.1 Å². The highest BCUT2D eigenvalue weighted by Gasteiger charge is 2.21. The molecule has 5 heterocycles. The molecular formula is C29H17N5. The van der Waals surface area contributed by atoms with Crippen molar-refractivity contribution < 1.29 is 0 Å². The van der Waals surface area contributed by atoms with E-state index in [4.69, 9.17) is 15.0 Å². The molecule has 8 rings (SSSR count). The Hall–Kier alpha value is -4.77. The molecule has 0 aliphatic heterocycles. The number of aromatic nitrogens is 5. The molecule has 0 bridgehead atoms. The van der Waals surface area contributed by atoms with Crippen LogP contribution in [0.3, 0.4) is 0 Å². The standard InChI is InChI=1S/C29H17N5/c1-2-8-18(9-3-1)33-23-12-5-4-10-19(23)20-14-15-21-25(27(20)33)29-32-22-11-6-17-31-28(22)34(29)24-13-7-16-30-26(21)24/h1-17H. The fourth-order valence-electron chi connectivity index (χ4n) is 5.42. The summed E-state index contributed by atoms with van der Waals surface area (Å²) in [6, 6.07) is 31.6. The van der Waals surface area contributed by atoms with E-state index >= 15 is 0 Å². The second kappa shape index (κ2) is 6.39. The predicted molar refractivity (Wildman–Crippen MR) is 138 cm³/mol. The minimum Gasteiger partial charge on any atom is -0.308 e. The summed E-state index contributed by atoms with van der Waals surface area (Å²) in [6.07, 6.45) is 3.68. The highest BCUT2D eigenvalue weighted by Crippen LogP contribution is 2.40. The summed E-state index contributed by atoms with van der Waals surface area (Å²) < 4.78 is 4.51. The third kappa shape index (κ3) is 2.16. The van der Waals surface area contributed by atoms with Crippen LogP contribution in [-0.2, 0) is 0 Å². The van der Waals surface area contributed by atoms with Gasteiger partial charge in [-0.1, -0.05) is 48.5 Å². The van der Waals surface area contributed by atoms with Crippen LogP contribution in [0.15, 0.2) is 103 Å². The molecule has 0 amide bonds. The largest absolute Gasteiger partial charge is 0.308 e. The quantitative estimate of drug-likeness (QED) is 0.270. The Balaban J connectivity index is 1.76. The van der Waals surface area contributed by atoms with Crippen molar-refractivity contribution in [3.63, 3.8) is 0 Å². The van der Waals surface area contributed by atoms with Gasteiger partial charge >= 0.3 is 0 Å². The van der Waals surface area contributed by atoms with Gasteiger partial charge in [0.05, 0.1) is 27.5 Å². The molecule has 5 heteroatoms. The number of hydrogen-bond donors (Lipinski definition) is 0. The first-order valence-electron chi connectivity index (χ1n) is 11.3. The maximum atomic E-state index is 5.11. The molecular weight excluding hydrogens is 418 g/mol. The lowest BCUT2D eigenvalue weighted by molar-refractivity contribution is 1.18. The van der Waals surface area contributed by atoms with Crippen LogP contribution in [0.1, 0.15) is 0 Å². The molecule has 0 spiro atoms. The maximum absolute atomic E-state index is 5.11. The number of nitrogens with zero attached hydrogens (tertiary/aromatic N) is 5. The summed E-state index contributed by atoms with van der Waals surface area (Å²) >= 11 is 0. The fraction of sp³-hybridized carbons (Fsp3) is 0. The van der Waals surface area contributed by atoms with Crippen molar-refractivity contribution in [3.8, 4) is 5.69 Å². The number of rotatable bonds is 1. The first-order valence-corrected chi connectivity index (χ1v) is 11.3. The Morgan fingerprint density at radius 1 is 0.559 bits per heavy atom. The van der Waals surface area contributed by atoms with Crippen molar-refractivity contribution in [3.05, 3.63) is 103 Å². The Kier molecular flexibility index (Phi) is 3.34. The Morgan fingerprint density at radius 2 is 1.32 bits per heavy atom. The lowest BCUT2D eigenvalue weighted by Gasteiger charge is -2.12. The lowest BCUT2D eigenvalue weighted by Crippen LogP contribution is -1.98. The van der Waals surface area contributed by atoms with E-state index in [9.17, 15) is 0 Å². The van der Waals surface area contributed by atoms with Crippen molar-refractivity contribution in [2.45, 2.75) is 0 Å². The number of imidazole rings is 1. The number of hydrogen-bond acceptors (Lipinski definition) is 3. The molecule has 0 N–H and O–H groups in total. The van der Waals surface area contributed by atoms with E-state index in [1.165, 1.54) is 16.3 Å². The molecule has 0 saturated carbocycles. The fourth-order valence-corrected chi connectivity index (χ4v) is 5.42. The lowest BCUT2D eigenvalue weighted by atomic mass is 10.0. The zero-order valence-electron chi connectivity index (χ0n) is 18.1. The number of benzene rings is 3. The monoisotopic (exact) mass is 435 g/mol. The summed E-state index contributed by atoms with van der Waals surface area (Å²) in [7, 11) is 0. The van der Waals surface area contributed by atoms with Gasteiger partial charge in [0.1, 0.15) is 11.2 Å². The molecule has 5 nitrogen and oxygen atoms in total. The molecule has 5 aromatic heterocycles. The van der Waals surface area contributed by atoms with Gasteiger partial charge in [0, 0.05) is 34.2 Å².